The lowest BCUT2D eigenvalue weighted by Gasteiger charge is -2.37. The van der Waals surface area contributed by atoms with E-state index < -0.39 is 62.2 Å². The number of hydrogen-bond donors (Lipinski definition) is 2. The van der Waals surface area contributed by atoms with Gasteiger partial charge in [-0.15, -0.1) is 0 Å². The molecule has 18 heteroatoms. The van der Waals surface area contributed by atoms with Crippen LogP contribution in [0.5, 0.6) is 5.75 Å². The molecule has 3 N–H and O–H groups in total. The van der Waals surface area contributed by atoms with E-state index in [1.54, 1.807) is 31.2 Å². The minimum absolute atomic E-state index is 0.0830. The molecule has 50 heavy (non-hydrogen) atoms. The first-order valence-electron chi connectivity index (χ1n) is 16.0. The van der Waals surface area contributed by atoms with Crippen LogP contribution in [0.1, 0.15) is 58.3 Å². The van der Waals surface area contributed by atoms with E-state index in [2.05, 4.69) is 15.2 Å². The molecule has 270 valence electrons. The third-order valence-corrected chi connectivity index (χ3v) is 9.38. The number of aromatic nitrogens is 3. The topological polar surface area (TPSA) is 225 Å². The van der Waals surface area contributed by atoms with Crippen molar-refractivity contribution in [2.75, 3.05) is 32.7 Å². The summed E-state index contributed by atoms with van der Waals surface area (Å²) in [5.74, 6) is -2.02. The fourth-order valence-corrected chi connectivity index (χ4v) is 6.48. The normalized spacial score (nSPS) is 17.7. The standard InChI is InChI=1S/C32H41N6O11P/c1-5-26(39)47-28(24-12-13-25-30(34)35-20-36-38(24)25)29(48-27(40)6-2)32(18-33,43-4)19-45-50(42,49-23-10-8-7-9-11-23)37-21(3)31(41)46-22-14-16-44-17-15-22/h7-13,20-22,28-29H,5-6,14-17,19H2,1-4H3,(H,37,42)(H2,34,35,36)/t21-,28-,29-,32+,50?/m0/s1. The molecule has 0 amide bonds. The predicted molar refractivity (Wildman–Crippen MR) is 175 cm³/mol. The molecular formula is C32H41N6O11P. The lowest BCUT2D eigenvalue weighted by atomic mass is 9.92. The van der Waals surface area contributed by atoms with Gasteiger partial charge in [-0.3, -0.25) is 18.9 Å². The van der Waals surface area contributed by atoms with E-state index in [1.165, 1.54) is 42.9 Å². The molecule has 1 fully saturated rings. The number of hydrogen-bond acceptors (Lipinski definition) is 15. The van der Waals surface area contributed by atoms with Gasteiger partial charge in [0, 0.05) is 32.8 Å². The van der Waals surface area contributed by atoms with Crippen molar-refractivity contribution in [1.29, 1.82) is 5.26 Å². The maximum atomic E-state index is 14.4. The minimum atomic E-state index is -4.57. The van der Waals surface area contributed by atoms with E-state index in [4.69, 9.17) is 38.5 Å². The number of fused-ring (bicyclic) bond motifs is 1. The fraction of sp³-hybridized carbons (Fsp3) is 0.500. The van der Waals surface area contributed by atoms with Crippen molar-refractivity contribution in [3.8, 4) is 11.8 Å². The van der Waals surface area contributed by atoms with Crippen molar-refractivity contribution < 1.29 is 51.7 Å². The number of ether oxygens (including phenoxy) is 5. The molecule has 5 atom stereocenters. The second kappa shape index (κ2) is 17.4. The molecule has 0 aliphatic carbocycles. The molecule has 4 rings (SSSR count). The number of benzene rings is 1. The van der Waals surface area contributed by atoms with Gasteiger partial charge < -0.3 is 33.9 Å². The molecule has 1 saturated heterocycles. The van der Waals surface area contributed by atoms with Crippen LogP contribution in [0, 0.1) is 11.3 Å². The molecule has 3 aromatic rings. The SMILES string of the molecule is CCC(=O)O[C@@H](c1ccc2c(N)ncnn12)[C@H](OC(=O)CC)[C@@](C#N)(COP(=O)(N[C@@H](C)C(=O)OC1CCOCC1)Oc1ccccc1)OC. The predicted octanol–water partition coefficient (Wildman–Crippen LogP) is 3.44. The molecule has 1 unspecified atom stereocenters. The second-order valence-electron chi connectivity index (χ2n) is 11.2. The van der Waals surface area contributed by atoms with E-state index in [1.807, 2.05) is 6.07 Å². The van der Waals surface area contributed by atoms with Crippen molar-refractivity contribution >= 4 is 37.0 Å². The molecule has 17 nitrogen and oxygen atoms in total. The summed E-state index contributed by atoms with van der Waals surface area (Å²) in [5.41, 5.74) is 4.21. The summed E-state index contributed by atoms with van der Waals surface area (Å²) in [6.45, 7) is 4.47. The van der Waals surface area contributed by atoms with Gasteiger partial charge in [0.05, 0.1) is 18.9 Å². The number of methoxy groups -OCH3 is 1. The van der Waals surface area contributed by atoms with Gasteiger partial charge in [-0.1, -0.05) is 32.0 Å². The van der Waals surface area contributed by atoms with Crippen molar-refractivity contribution in [3.05, 3.63) is 54.5 Å². The number of nitrogens with one attached hydrogen (secondary N) is 1. The zero-order valence-electron chi connectivity index (χ0n) is 28.2. The van der Waals surface area contributed by atoms with Crippen LogP contribution >= 0.6 is 7.75 Å². The van der Waals surface area contributed by atoms with Crippen LogP contribution in [0.3, 0.4) is 0 Å². The zero-order valence-corrected chi connectivity index (χ0v) is 29.1. The Morgan fingerprint density at radius 2 is 1.80 bits per heavy atom. The van der Waals surface area contributed by atoms with Crippen LogP contribution < -0.4 is 15.3 Å². The van der Waals surface area contributed by atoms with Crippen molar-refractivity contribution in [2.24, 2.45) is 0 Å². The Hall–Kier alpha value is -4.59. The molecule has 1 aliphatic heterocycles. The number of esters is 3. The summed E-state index contributed by atoms with van der Waals surface area (Å²) in [6, 6.07) is 11.8. The lowest BCUT2D eigenvalue weighted by molar-refractivity contribution is -0.193. The summed E-state index contributed by atoms with van der Waals surface area (Å²) in [4.78, 5) is 42.7. The Morgan fingerprint density at radius 1 is 1.12 bits per heavy atom. The Bertz CT molecular complexity index is 1710. The van der Waals surface area contributed by atoms with Crippen LogP contribution in [0.15, 0.2) is 48.8 Å². The van der Waals surface area contributed by atoms with Crippen LogP contribution in [0.4, 0.5) is 5.82 Å². The number of nitrogens with zero attached hydrogens (tertiary/aromatic N) is 4. The van der Waals surface area contributed by atoms with E-state index in [0.717, 1.165) is 7.11 Å². The summed E-state index contributed by atoms with van der Waals surface area (Å²) >= 11 is 0. The third kappa shape index (κ3) is 9.34. The van der Waals surface area contributed by atoms with E-state index in [9.17, 15) is 24.2 Å². The van der Waals surface area contributed by atoms with Gasteiger partial charge in [0.1, 0.15) is 42.4 Å². The molecule has 0 radical (unpaired) electrons. The number of nitrogens with two attached hydrogens (primary N) is 1. The zero-order chi connectivity index (χ0) is 36.3. The van der Waals surface area contributed by atoms with Crippen molar-refractivity contribution in [2.45, 2.75) is 76.4 Å². The average Bonchev–Trinajstić information content (AvgIpc) is 3.56. The maximum absolute atomic E-state index is 14.4. The highest BCUT2D eigenvalue weighted by atomic mass is 31.2. The Kier molecular flexibility index (Phi) is 13.3. The van der Waals surface area contributed by atoms with Gasteiger partial charge in [-0.25, -0.2) is 14.1 Å². The Labute approximate surface area is 288 Å². The quantitative estimate of drug-likeness (QED) is 0.116. The second-order valence-corrected chi connectivity index (χ2v) is 12.9. The number of rotatable bonds is 17. The lowest BCUT2D eigenvalue weighted by Crippen LogP contribution is -2.53. The van der Waals surface area contributed by atoms with Crippen LogP contribution in [0.2, 0.25) is 0 Å². The van der Waals surface area contributed by atoms with Crippen LogP contribution in [-0.2, 0) is 47.2 Å². The fourth-order valence-electron chi connectivity index (χ4n) is 4.96. The first kappa shape index (κ1) is 38.2. The van der Waals surface area contributed by atoms with Crippen LogP contribution in [-0.4, -0.2) is 83.3 Å². The van der Waals surface area contributed by atoms with Gasteiger partial charge >= 0.3 is 25.7 Å². The smallest absolute Gasteiger partial charge is 0.459 e. The Morgan fingerprint density at radius 3 is 2.44 bits per heavy atom. The number of carbonyl (C=O) groups excluding carboxylic acids is 3. The summed E-state index contributed by atoms with van der Waals surface area (Å²) in [5, 5.41) is 17.5. The van der Waals surface area contributed by atoms with E-state index >= 15 is 0 Å². The van der Waals surface area contributed by atoms with E-state index in [-0.39, 0.29) is 30.1 Å². The van der Waals surface area contributed by atoms with Gasteiger partial charge in [0.2, 0.25) is 5.60 Å². The third-order valence-electron chi connectivity index (χ3n) is 7.76. The first-order valence-corrected chi connectivity index (χ1v) is 17.5. The number of para-hydroxylation sites is 1. The van der Waals surface area contributed by atoms with Gasteiger partial charge in [-0.05, 0) is 31.2 Å². The minimum Gasteiger partial charge on any atom is -0.461 e. The molecule has 0 saturated carbocycles. The van der Waals surface area contributed by atoms with Gasteiger partial charge in [0.25, 0.3) is 0 Å². The van der Waals surface area contributed by atoms with Gasteiger partial charge in [0.15, 0.2) is 18.0 Å². The molecule has 1 aromatic carbocycles. The summed E-state index contributed by atoms with van der Waals surface area (Å²) < 4.78 is 55.5. The highest BCUT2D eigenvalue weighted by Crippen LogP contribution is 2.47. The molecule has 3 heterocycles. The Balaban J connectivity index is 1.73. The number of nitriles is 1. The molecule has 2 aromatic heterocycles. The van der Waals surface area contributed by atoms with Crippen LogP contribution in [0.25, 0.3) is 5.52 Å². The first-order chi connectivity index (χ1) is 24.0. The highest BCUT2D eigenvalue weighted by Gasteiger charge is 2.52. The average molecular weight is 717 g/mol. The van der Waals surface area contributed by atoms with Gasteiger partial charge in [-0.2, -0.15) is 15.4 Å². The van der Waals surface area contributed by atoms with Crippen molar-refractivity contribution in [3.63, 3.8) is 0 Å². The highest BCUT2D eigenvalue weighted by molar-refractivity contribution is 7.52. The number of anilines is 1. The molecule has 1 aliphatic rings. The van der Waals surface area contributed by atoms with Crippen molar-refractivity contribution in [1.82, 2.24) is 19.7 Å². The van der Waals surface area contributed by atoms with E-state index in [0.29, 0.717) is 31.6 Å². The molecule has 0 bridgehead atoms. The summed E-state index contributed by atoms with van der Waals surface area (Å²) in [6.07, 6.45) is -1.70. The maximum Gasteiger partial charge on any atom is 0.459 e. The monoisotopic (exact) mass is 716 g/mol. The number of nitrogen functional groups attached to an aromatic ring is 1. The number of carbonyl (C=O) groups is 3. The largest absolute Gasteiger partial charge is 0.461 e. The molecular weight excluding hydrogens is 675 g/mol. The summed E-state index contributed by atoms with van der Waals surface area (Å²) in [7, 11) is -3.44. The molecule has 0 spiro atoms.